The summed E-state index contributed by atoms with van der Waals surface area (Å²) in [4.78, 5) is 28.7. The third-order valence-electron chi connectivity index (χ3n) is 4.21. The molecule has 27 heavy (non-hydrogen) atoms. The highest BCUT2D eigenvalue weighted by atomic mass is 16.5. The minimum atomic E-state index is -0.888. The molecule has 0 aliphatic carbocycles. The van der Waals surface area contributed by atoms with Crippen molar-refractivity contribution < 1.29 is 18.7 Å². The summed E-state index contributed by atoms with van der Waals surface area (Å²) < 4.78 is 10.8. The van der Waals surface area contributed by atoms with Crippen molar-refractivity contribution in [3.63, 3.8) is 0 Å². The van der Waals surface area contributed by atoms with Gasteiger partial charge in [-0.3, -0.25) is 9.59 Å². The van der Waals surface area contributed by atoms with E-state index in [1.165, 1.54) is 0 Å². The summed E-state index contributed by atoms with van der Waals surface area (Å²) >= 11 is 0. The number of aryl methyl sites for hydroxylation is 3. The van der Waals surface area contributed by atoms with Crippen LogP contribution in [0, 0.1) is 13.8 Å². The van der Waals surface area contributed by atoms with E-state index >= 15 is 0 Å². The standard InChI is InChI=1S/C21H22N2O4/c1-13-8-9-14(2)17(12-13)23-21(25)15(3)26-20(24)11-10-19-22-16-6-4-5-7-18(16)27-19/h4-9,12,15H,10-11H2,1-3H3,(H,23,25)/t15-/m0/s1. The fourth-order valence-corrected chi connectivity index (χ4v) is 2.65. The molecule has 0 spiro atoms. The number of benzene rings is 2. The van der Waals surface area contributed by atoms with E-state index in [1.54, 1.807) is 6.92 Å². The summed E-state index contributed by atoms with van der Waals surface area (Å²) in [6, 6.07) is 13.2. The Morgan fingerprint density at radius 3 is 2.74 bits per heavy atom. The molecule has 0 aliphatic rings. The Morgan fingerprint density at radius 2 is 1.96 bits per heavy atom. The first-order valence-corrected chi connectivity index (χ1v) is 8.84. The van der Waals surface area contributed by atoms with Crippen LogP contribution in [0.15, 0.2) is 46.9 Å². The highest BCUT2D eigenvalue weighted by Gasteiger charge is 2.19. The van der Waals surface area contributed by atoms with Gasteiger partial charge in [0.2, 0.25) is 0 Å². The van der Waals surface area contributed by atoms with Crippen LogP contribution in [0.25, 0.3) is 11.1 Å². The zero-order valence-corrected chi connectivity index (χ0v) is 15.6. The molecule has 3 rings (SSSR count). The van der Waals surface area contributed by atoms with E-state index in [1.807, 2.05) is 56.3 Å². The van der Waals surface area contributed by atoms with E-state index in [9.17, 15) is 9.59 Å². The first kappa shape index (κ1) is 18.6. The van der Waals surface area contributed by atoms with Crippen molar-refractivity contribution in [3.05, 3.63) is 59.5 Å². The highest BCUT2D eigenvalue weighted by Crippen LogP contribution is 2.18. The molecule has 2 aromatic carbocycles. The van der Waals surface area contributed by atoms with Gasteiger partial charge >= 0.3 is 5.97 Å². The number of esters is 1. The summed E-state index contributed by atoms with van der Waals surface area (Å²) in [6.45, 7) is 5.41. The average molecular weight is 366 g/mol. The number of hydrogen-bond donors (Lipinski definition) is 1. The van der Waals surface area contributed by atoms with Crippen LogP contribution < -0.4 is 5.32 Å². The minimum absolute atomic E-state index is 0.0912. The van der Waals surface area contributed by atoms with E-state index < -0.39 is 12.1 Å². The van der Waals surface area contributed by atoms with Gasteiger partial charge in [0.25, 0.3) is 5.91 Å². The maximum Gasteiger partial charge on any atom is 0.307 e. The molecule has 140 valence electrons. The van der Waals surface area contributed by atoms with Crippen LogP contribution in [0.3, 0.4) is 0 Å². The average Bonchev–Trinajstić information content (AvgIpc) is 3.06. The topological polar surface area (TPSA) is 81.4 Å². The number of anilines is 1. The summed E-state index contributed by atoms with van der Waals surface area (Å²) in [6.07, 6.45) is -0.478. The van der Waals surface area contributed by atoms with Crippen molar-refractivity contribution in [3.8, 4) is 0 Å². The molecule has 0 radical (unpaired) electrons. The second-order valence-electron chi connectivity index (χ2n) is 6.52. The fraction of sp³-hybridized carbons (Fsp3) is 0.286. The molecule has 0 bridgehead atoms. The molecule has 1 heterocycles. The van der Waals surface area contributed by atoms with Gasteiger partial charge in [-0.15, -0.1) is 0 Å². The van der Waals surface area contributed by atoms with Gasteiger partial charge in [-0.2, -0.15) is 0 Å². The number of aromatic nitrogens is 1. The fourth-order valence-electron chi connectivity index (χ4n) is 2.65. The molecule has 3 aromatic rings. The monoisotopic (exact) mass is 366 g/mol. The Bertz CT molecular complexity index is 944. The Hall–Kier alpha value is -3.15. The Morgan fingerprint density at radius 1 is 1.19 bits per heavy atom. The minimum Gasteiger partial charge on any atom is -0.453 e. The molecule has 6 heteroatoms. The highest BCUT2D eigenvalue weighted by molar-refractivity contribution is 5.95. The smallest absolute Gasteiger partial charge is 0.307 e. The van der Waals surface area contributed by atoms with Crippen molar-refractivity contribution >= 4 is 28.7 Å². The van der Waals surface area contributed by atoms with E-state index in [2.05, 4.69) is 10.3 Å². The maximum absolute atomic E-state index is 12.3. The van der Waals surface area contributed by atoms with Crippen molar-refractivity contribution in [2.24, 2.45) is 0 Å². The lowest BCUT2D eigenvalue weighted by molar-refractivity contribution is -0.153. The zero-order chi connectivity index (χ0) is 19.4. The Labute approximate surface area is 157 Å². The predicted octanol–water partition coefficient (Wildman–Crippen LogP) is 3.95. The van der Waals surface area contributed by atoms with Crippen molar-refractivity contribution in [1.29, 1.82) is 0 Å². The van der Waals surface area contributed by atoms with Crippen LogP contribution in [0.4, 0.5) is 5.69 Å². The number of carbonyl (C=O) groups is 2. The van der Waals surface area contributed by atoms with Gasteiger partial charge in [-0.25, -0.2) is 4.98 Å². The first-order valence-electron chi connectivity index (χ1n) is 8.84. The number of rotatable bonds is 6. The number of nitrogens with zero attached hydrogens (tertiary/aromatic N) is 1. The number of oxazole rings is 1. The Kier molecular flexibility index (Phi) is 5.54. The summed E-state index contributed by atoms with van der Waals surface area (Å²) in [5, 5.41) is 2.80. The second kappa shape index (κ2) is 8.03. The number of hydrogen-bond acceptors (Lipinski definition) is 5. The second-order valence-corrected chi connectivity index (χ2v) is 6.52. The van der Waals surface area contributed by atoms with E-state index in [-0.39, 0.29) is 12.3 Å². The zero-order valence-electron chi connectivity index (χ0n) is 15.6. The van der Waals surface area contributed by atoms with Gasteiger partial charge in [0, 0.05) is 12.1 Å². The lowest BCUT2D eigenvalue weighted by atomic mass is 10.1. The molecule has 1 atom stereocenters. The van der Waals surface area contributed by atoms with Crippen LogP contribution in [-0.2, 0) is 20.7 Å². The van der Waals surface area contributed by atoms with Gasteiger partial charge in [0.1, 0.15) is 5.52 Å². The van der Waals surface area contributed by atoms with Crippen LogP contribution in [-0.4, -0.2) is 23.0 Å². The molecule has 1 aromatic heterocycles. The third-order valence-corrected chi connectivity index (χ3v) is 4.21. The molecule has 6 nitrogen and oxygen atoms in total. The number of nitrogens with one attached hydrogen (secondary N) is 1. The first-order chi connectivity index (χ1) is 12.9. The molecule has 0 saturated heterocycles. The normalized spacial score (nSPS) is 12.0. The van der Waals surface area contributed by atoms with Gasteiger partial charge in [0.05, 0.1) is 6.42 Å². The maximum atomic E-state index is 12.3. The summed E-state index contributed by atoms with van der Waals surface area (Å²) in [5.41, 5.74) is 4.14. The molecule has 0 unspecified atom stereocenters. The summed E-state index contributed by atoms with van der Waals surface area (Å²) in [5.74, 6) is -0.361. The lowest BCUT2D eigenvalue weighted by Gasteiger charge is -2.15. The van der Waals surface area contributed by atoms with Crippen molar-refractivity contribution in [2.45, 2.75) is 39.7 Å². The molecule has 1 amide bonds. The number of amides is 1. The van der Waals surface area contributed by atoms with Gasteiger partial charge < -0.3 is 14.5 Å². The summed E-state index contributed by atoms with van der Waals surface area (Å²) in [7, 11) is 0. The van der Waals surface area contributed by atoms with Crippen molar-refractivity contribution in [2.75, 3.05) is 5.32 Å². The quantitative estimate of drug-likeness (QED) is 0.668. The van der Waals surface area contributed by atoms with Gasteiger partial charge in [-0.05, 0) is 50.1 Å². The van der Waals surface area contributed by atoms with Crippen LogP contribution in [0.5, 0.6) is 0 Å². The van der Waals surface area contributed by atoms with Crippen LogP contribution >= 0.6 is 0 Å². The predicted molar refractivity (Wildman–Crippen MR) is 102 cm³/mol. The van der Waals surface area contributed by atoms with Crippen LogP contribution in [0.2, 0.25) is 0 Å². The number of fused-ring (bicyclic) bond motifs is 1. The van der Waals surface area contributed by atoms with Crippen LogP contribution in [0.1, 0.15) is 30.4 Å². The molecule has 0 fully saturated rings. The van der Waals surface area contributed by atoms with Crippen molar-refractivity contribution in [1.82, 2.24) is 4.98 Å². The Balaban J connectivity index is 1.52. The largest absolute Gasteiger partial charge is 0.453 e. The van der Waals surface area contributed by atoms with Gasteiger partial charge in [0.15, 0.2) is 17.6 Å². The molecule has 1 N–H and O–H groups in total. The lowest BCUT2D eigenvalue weighted by Crippen LogP contribution is -2.30. The number of para-hydroxylation sites is 2. The van der Waals surface area contributed by atoms with Gasteiger partial charge in [-0.1, -0.05) is 24.3 Å². The number of ether oxygens (including phenoxy) is 1. The molecule has 0 saturated carbocycles. The SMILES string of the molecule is Cc1ccc(C)c(NC(=O)[C@H](C)OC(=O)CCc2nc3ccccc3o2)c1. The third kappa shape index (κ3) is 4.73. The van der Waals surface area contributed by atoms with E-state index in [0.717, 1.165) is 22.3 Å². The molecular weight excluding hydrogens is 344 g/mol. The van der Waals surface area contributed by atoms with E-state index in [0.29, 0.717) is 17.9 Å². The number of carbonyl (C=O) groups excluding carboxylic acids is 2. The molecular formula is C21H22N2O4. The molecule has 0 aliphatic heterocycles. The van der Waals surface area contributed by atoms with E-state index in [4.69, 9.17) is 9.15 Å².